The number of aromatic nitrogens is 3. The van der Waals surface area contributed by atoms with Gasteiger partial charge >= 0.3 is 5.97 Å². The number of aromatic carboxylic acids is 1. The minimum Gasteiger partial charge on any atom is -0.477 e. The minimum atomic E-state index is -1.00. The van der Waals surface area contributed by atoms with E-state index >= 15 is 0 Å². The number of rotatable bonds is 5. The molecule has 2 rings (SSSR count). The highest BCUT2D eigenvalue weighted by Gasteiger charge is 2.21. The van der Waals surface area contributed by atoms with Gasteiger partial charge in [-0.2, -0.15) is 5.10 Å². The highest BCUT2D eigenvalue weighted by atomic mass is 32.1. The normalized spacial score (nSPS) is 12.4. The number of carboxylic acid groups (broad SMARTS) is 1. The SMILES string of the molecule is Cc1nc(C(C)NC(=O)c2cc(C(C)C)n(C)n2)sc1C(=O)O. The fraction of sp³-hybridized carbons (Fsp3) is 0.467. The number of nitrogens with one attached hydrogen (secondary N) is 1. The fourth-order valence-corrected chi connectivity index (χ4v) is 3.17. The topological polar surface area (TPSA) is 97.1 Å². The van der Waals surface area contributed by atoms with Crippen LogP contribution in [-0.4, -0.2) is 31.7 Å². The van der Waals surface area contributed by atoms with Crippen LogP contribution >= 0.6 is 11.3 Å². The Morgan fingerprint density at radius 1 is 1.35 bits per heavy atom. The fourth-order valence-electron chi connectivity index (χ4n) is 2.27. The van der Waals surface area contributed by atoms with Gasteiger partial charge in [-0.05, 0) is 25.8 Å². The molecule has 7 nitrogen and oxygen atoms in total. The van der Waals surface area contributed by atoms with Crippen LogP contribution in [0.3, 0.4) is 0 Å². The Labute approximate surface area is 138 Å². The zero-order chi connectivity index (χ0) is 17.3. The van der Waals surface area contributed by atoms with Crippen molar-refractivity contribution in [1.29, 1.82) is 0 Å². The second kappa shape index (κ2) is 6.49. The van der Waals surface area contributed by atoms with Gasteiger partial charge in [0, 0.05) is 12.7 Å². The van der Waals surface area contributed by atoms with Crippen LogP contribution in [0.25, 0.3) is 0 Å². The molecule has 0 saturated heterocycles. The predicted molar refractivity (Wildman–Crippen MR) is 87.0 cm³/mol. The smallest absolute Gasteiger partial charge is 0.347 e. The van der Waals surface area contributed by atoms with E-state index in [-0.39, 0.29) is 22.7 Å². The molecule has 2 N–H and O–H groups in total. The molecule has 1 unspecified atom stereocenters. The Balaban J connectivity index is 2.15. The van der Waals surface area contributed by atoms with Crippen molar-refractivity contribution >= 4 is 23.2 Å². The van der Waals surface area contributed by atoms with E-state index in [4.69, 9.17) is 5.11 Å². The van der Waals surface area contributed by atoms with Gasteiger partial charge in [-0.3, -0.25) is 9.48 Å². The second-order valence-corrected chi connectivity index (χ2v) is 6.73. The molecule has 23 heavy (non-hydrogen) atoms. The maximum Gasteiger partial charge on any atom is 0.347 e. The molecule has 1 amide bonds. The van der Waals surface area contributed by atoms with E-state index in [1.54, 1.807) is 31.6 Å². The number of amides is 1. The van der Waals surface area contributed by atoms with Crippen LogP contribution < -0.4 is 5.32 Å². The predicted octanol–water partition coefficient (Wildman–Crippen LogP) is 2.50. The molecule has 0 aliphatic heterocycles. The van der Waals surface area contributed by atoms with Gasteiger partial charge in [0.1, 0.15) is 15.6 Å². The first-order valence-electron chi connectivity index (χ1n) is 7.26. The van der Waals surface area contributed by atoms with E-state index in [9.17, 15) is 9.59 Å². The number of carbonyl (C=O) groups is 2. The molecule has 0 radical (unpaired) electrons. The standard InChI is InChI=1S/C15H20N4O3S/c1-7(2)11-6-10(18-19(11)5)13(20)16-9(4)14-17-8(3)12(23-14)15(21)22/h6-7,9H,1-5H3,(H,16,20)(H,21,22). The number of hydrogen-bond donors (Lipinski definition) is 2. The molecule has 2 heterocycles. The third kappa shape index (κ3) is 3.58. The molecular weight excluding hydrogens is 316 g/mol. The van der Waals surface area contributed by atoms with E-state index in [1.165, 1.54) is 0 Å². The summed E-state index contributed by atoms with van der Waals surface area (Å²) < 4.78 is 1.69. The molecule has 0 bridgehead atoms. The summed E-state index contributed by atoms with van der Waals surface area (Å²) in [5.41, 5.74) is 1.77. The first kappa shape index (κ1) is 17.1. The van der Waals surface area contributed by atoms with Crippen LogP contribution in [0.4, 0.5) is 0 Å². The lowest BCUT2D eigenvalue weighted by Gasteiger charge is -2.09. The molecule has 0 aliphatic rings. The van der Waals surface area contributed by atoms with Gasteiger partial charge in [-0.1, -0.05) is 13.8 Å². The van der Waals surface area contributed by atoms with Crippen molar-refractivity contribution in [1.82, 2.24) is 20.1 Å². The molecule has 0 fully saturated rings. The average Bonchev–Trinajstić information content (AvgIpc) is 3.02. The van der Waals surface area contributed by atoms with Gasteiger partial charge in [0.2, 0.25) is 0 Å². The summed E-state index contributed by atoms with van der Waals surface area (Å²) >= 11 is 1.08. The van der Waals surface area contributed by atoms with Gasteiger partial charge in [0.05, 0.1) is 11.7 Å². The van der Waals surface area contributed by atoms with Gasteiger partial charge in [0.25, 0.3) is 5.91 Å². The number of aryl methyl sites for hydroxylation is 2. The van der Waals surface area contributed by atoms with E-state index in [2.05, 4.69) is 15.4 Å². The lowest BCUT2D eigenvalue weighted by atomic mass is 10.1. The number of thiazole rings is 1. The summed E-state index contributed by atoms with van der Waals surface area (Å²) in [6.45, 7) is 7.49. The third-order valence-corrected chi connectivity index (χ3v) is 4.79. The average molecular weight is 336 g/mol. The third-order valence-electron chi connectivity index (χ3n) is 3.47. The maximum atomic E-state index is 12.3. The van der Waals surface area contributed by atoms with Crippen molar-refractivity contribution in [3.8, 4) is 0 Å². The minimum absolute atomic E-state index is 0.195. The summed E-state index contributed by atoms with van der Waals surface area (Å²) in [7, 11) is 1.80. The van der Waals surface area contributed by atoms with Crippen molar-refractivity contribution in [2.75, 3.05) is 0 Å². The van der Waals surface area contributed by atoms with Crippen LogP contribution in [0.15, 0.2) is 6.07 Å². The van der Waals surface area contributed by atoms with Crippen LogP contribution in [0, 0.1) is 6.92 Å². The van der Waals surface area contributed by atoms with Crippen molar-refractivity contribution in [2.24, 2.45) is 7.05 Å². The number of hydrogen-bond acceptors (Lipinski definition) is 5. The highest BCUT2D eigenvalue weighted by molar-refractivity contribution is 7.13. The largest absolute Gasteiger partial charge is 0.477 e. The molecule has 0 aromatic carbocycles. The van der Waals surface area contributed by atoms with Crippen molar-refractivity contribution in [2.45, 2.75) is 39.7 Å². The van der Waals surface area contributed by atoms with Crippen molar-refractivity contribution < 1.29 is 14.7 Å². The summed E-state index contributed by atoms with van der Waals surface area (Å²) in [5.74, 6) is -1.04. The van der Waals surface area contributed by atoms with Gasteiger partial charge < -0.3 is 10.4 Å². The van der Waals surface area contributed by atoms with Gasteiger partial charge in [-0.25, -0.2) is 9.78 Å². The lowest BCUT2D eigenvalue weighted by Crippen LogP contribution is -2.27. The molecule has 2 aromatic heterocycles. The quantitative estimate of drug-likeness (QED) is 0.874. The van der Waals surface area contributed by atoms with Gasteiger partial charge in [0.15, 0.2) is 0 Å². The van der Waals surface area contributed by atoms with Crippen LogP contribution in [0.1, 0.15) is 69.3 Å². The molecule has 124 valence electrons. The lowest BCUT2D eigenvalue weighted by molar-refractivity contribution is 0.0701. The highest BCUT2D eigenvalue weighted by Crippen LogP contribution is 2.24. The van der Waals surface area contributed by atoms with E-state index < -0.39 is 5.97 Å². The zero-order valence-electron chi connectivity index (χ0n) is 13.7. The van der Waals surface area contributed by atoms with E-state index in [1.807, 2.05) is 13.8 Å². The Morgan fingerprint density at radius 3 is 2.48 bits per heavy atom. The van der Waals surface area contributed by atoms with E-state index in [0.29, 0.717) is 16.4 Å². The molecule has 1 atom stereocenters. The monoisotopic (exact) mass is 336 g/mol. The molecule has 8 heteroatoms. The first-order chi connectivity index (χ1) is 10.7. The summed E-state index contributed by atoms with van der Waals surface area (Å²) in [5, 5.41) is 16.7. The number of carbonyl (C=O) groups excluding carboxylic acids is 1. The zero-order valence-corrected chi connectivity index (χ0v) is 14.6. The summed E-state index contributed by atoms with van der Waals surface area (Å²) in [4.78, 5) is 27.8. The van der Waals surface area contributed by atoms with Crippen LogP contribution in [0.5, 0.6) is 0 Å². The summed E-state index contributed by atoms with van der Waals surface area (Å²) in [6.07, 6.45) is 0. The molecule has 2 aromatic rings. The Bertz CT molecular complexity index is 748. The molecule has 0 aliphatic carbocycles. The molecule has 0 saturated carbocycles. The number of nitrogens with zero attached hydrogens (tertiary/aromatic N) is 3. The Morgan fingerprint density at radius 2 is 2.00 bits per heavy atom. The van der Waals surface area contributed by atoms with Gasteiger partial charge in [-0.15, -0.1) is 11.3 Å². The van der Waals surface area contributed by atoms with Crippen molar-refractivity contribution in [3.05, 3.63) is 33.0 Å². The maximum absolute atomic E-state index is 12.3. The number of carboxylic acids is 1. The Hall–Kier alpha value is -2.22. The molecule has 0 spiro atoms. The van der Waals surface area contributed by atoms with E-state index in [0.717, 1.165) is 17.0 Å². The van der Waals surface area contributed by atoms with Crippen LogP contribution in [-0.2, 0) is 7.05 Å². The summed E-state index contributed by atoms with van der Waals surface area (Å²) in [6, 6.07) is 1.38. The molecular formula is C15H20N4O3S. The Kier molecular flexibility index (Phi) is 4.84. The second-order valence-electron chi connectivity index (χ2n) is 5.70. The van der Waals surface area contributed by atoms with Crippen molar-refractivity contribution in [3.63, 3.8) is 0 Å². The van der Waals surface area contributed by atoms with Crippen LogP contribution in [0.2, 0.25) is 0 Å². The first-order valence-corrected chi connectivity index (χ1v) is 8.07.